The van der Waals surface area contributed by atoms with E-state index < -0.39 is 10.0 Å². The molecule has 2 aromatic carbocycles. The maximum atomic E-state index is 12.3. The molecule has 0 aliphatic rings. The second kappa shape index (κ2) is 9.69. The summed E-state index contributed by atoms with van der Waals surface area (Å²) in [5.74, 6) is 0.116. The zero-order valence-corrected chi connectivity index (χ0v) is 18.3. The number of thiazole rings is 1. The highest BCUT2D eigenvalue weighted by Gasteiger charge is 2.10. The number of anilines is 1. The molecule has 0 saturated carbocycles. The molecule has 0 aliphatic carbocycles. The highest BCUT2D eigenvalue weighted by molar-refractivity contribution is 7.95. The molecule has 1 aromatic heterocycles. The van der Waals surface area contributed by atoms with E-state index >= 15 is 0 Å². The number of amides is 1. The van der Waals surface area contributed by atoms with Crippen LogP contribution < -0.4 is 10.0 Å². The average molecular weight is 442 g/mol. The molecule has 3 rings (SSSR count). The van der Waals surface area contributed by atoms with Gasteiger partial charge in [-0.05, 0) is 35.9 Å². The summed E-state index contributed by atoms with van der Waals surface area (Å²) in [6, 6.07) is 15.4. The van der Waals surface area contributed by atoms with Gasteiger partial charge in [0, 0.05) is 22.5 Å². The highest BCUT2D eigenvalue weighted by Crippen LogP contribution is 2.19. The summed E-state index contributed by atoms with van der Waals surface area (Å²) < 4.78 is 26.9. The predicted molar refractivity (Wildman–Crippen MR) is 122 cm³/mol. The summed E-state index contributed by atoms with van der Waals surface area (Å²) in [5.41, 5.74) is 2.43. The van der Waals surface area contributed by atoms with Gasteiger partial charge in [-0.1, -0.05) is 44.2 Å². The normalized spacial score (nSPS) is 11.7. The monoisotopic (exact) mass is 441 g/mol. The third-order valence-corrected chi connectivity index (χ3v) is 6.35. The van der Waals surface area contributed by atoms with Crippen LogP contribution >= 0.6 is 11.3 Å². The smallest absolute Gasteiger partial charge is 0.255 e. The van der Waals surface area contributed by atoms with Crippen LogP contribution in [0.5, 0.6) is 0 Å². The van der Waals surface area contributed by atoms with Gasteiger partial charge in [0.1, 0.15) is 0 Å². The van der Waals surface area contributed by atoms with Gasteiger partial charge in [-0.2, -0.15) is 0 Å². The van der Waals surface area contributed by atoms with Gasteiger partial charge in [-0.25, -0.2) is 13.4 Å². The largest absolute Gasteiger partial charge is 0.346 e. The van der Waals surface area contributed by atoms with Crippen LogP contribution in [-0.4, -0.2) is 19.3 Å². The molecule has 6 nitrogen and oxygen atoms in total. The molecule has 2 N–H and O–H groups in total. The lowest BCUT2D eigenvalue weighted by molar-refractivity contribution is 0.0950. The first kappa shape index (κ1) is 21.7. The van der Waals surface area contributed by atoms with Crippen molar-refractivity contribution in [3.63, 3.8) is 0 Å². The lowest BCUT2D eigenvalue weighted by Gasteiger charge is -2.07. The molecule has 0 atom stereocenters. The van der Waals surface area contributed by atoms with Crippen molar-refractivity contribution in [2.75, 3.05) is 4.72 Å². The number of hydrogen-bond donors (Lipinski definition) is 2. The maximum absolute atomic E-state index is 12.3. The van der Waals surface area contributed by atoms with Crippen molar-refractivity contribution in [2.45, 2.75) is 26.3 Å². The number of benzene rings is 2. The molecule has 1 heterocycles. The Morgan fingerprint density at radius 1 is 1.10 bits per heavy atom. The summed E-state index contributed by atoms with van der Waals surface area (Å²) in [6.07, 6.45) is 1.52. The Labute approximate surface area is 180 Å². The molecular formula is C22H23N3O3S2. The molecule has 8 heteroatoms. The lowest BCUT2D eigenvalue weighted by Crippen LogP contribution is -2.23. The zero-order chi connectivity index (χ0) is 21.6. The molecule has 0 bridgehead atoms. The number of aromatic nitrogens is 1. The van der Waals surface area contributed by atoms with Crippen LogP contribution in [0.25, 0.3) is 6.08 Å². The summed E-state index contributed by atoms with van der Waals surface area (Å²) in [7, 11) is -3.66. The van der Waals surface area contributed by atoms with E-state index in [1.54, 1.807) is 35.6 Å². The Hall–Kier alpha value is -2.97. The number of rotatable bonds is 8. The van der Waals surface area contributed by atoms with E-state index in [9.17, 15) is 13.2 Å². The molecule has 0 aliphatic heterocycles. The fourth-order valence-electron chi connectivity index (χ4n) is 2.56. The van der Waals surface area contributed by atoms with Gasteiger partial charge in [0.15, 0.2) is 0 Å². The fourth-order valence-corrected chi connectivity index (χ4v) is 4.27. The van der Waals surface area contributed by atoms with Crippen LogP contribution in [0.2, 0.25) is 0 Å². The van der Waals surface area contributed by atoms with Crippen molar-refractivity contribution in [2.24, 2.45) is 0 Å². The zero-order valence-electron chi connectivity index (χ0n) is 16.7. The molecule has 0 fully saturated rings. The Balaban J connectivity index is 1.57. The molecular weight excluding hydrogens is 418 g/mol. The van der Waals surface area contributed by atoms with Crippen LogP contribution in [-0.2, 0) is 16.6 Å². The van der Waals surface area contributed by atoms with Gasteiger partial charge in [-0.3, -0.25) is 9.52 Å². The van der Waals surface area contributed by atoms with E-state index in [4.69, 9.17) is 0 Å². The first-order valence-electron chi connectivity index (χ1n) is 9.41. The first-order valence-corrected chi connectivity index (χ1v) is 11.8. The van der Waals surface area contributed by atoms with Gasteiger partial charge in [0.2, 0.25) is 0 Å². The van der Waals surface area contributed by atoms with Gasteiger partial charge < -0.3 is 5.32 Å². The van der Waals surface area contributed by atoms with Gasteiger partial charge >= 0.3 is 0 Å². The van der Waals surface area contributed by atoms with E-state index in [0.29, 0.717) is 23.7 Å². The van der Waals surface area contributed by atoms with Crippen molar-refractivity contribution in [3.05, 3.63) is 87.2 Å². The molecule has 0 unspecified atom stereocenters. The standard InChI is InChI=1S/C22H23N3O3S2/c1-16(2)22-24-20(15-29-22)14-23-21(26)18-8-10-19(11-9-18)25-30(27,28)13-12-17-6-4-3-5-7-17/h3-13,15-16,25H,14H2,1-2H3,(H,23,26)/b13-12+. The van der Waals surface area contributed by atoms with Gasteiger partial charge in [-0.15, -0.1) is 11.3 Å². The molecule has 0 spiro atoms. The van der Waals surface area contributed by atoms with E-state index in [-0.39, 0.29) is 5.91 Å². The van der Waals surface area contributed by atoms with Crippen LogP contribution in [0.15, 0.2) is 65.4 Å². The van der Waals surface area contributed by atoms with Crippen molar-refractivity contribution in [1.82, 2.24) is 10.3 Å². The molecule has 1 amide bonds. The van der Waals surface area contributed by atoms with E-state index in [1.807, 2.05) is 35.7 Å². The molecule has 0 saturated heterocycles. The molecule has 0 radical (unpaired) electrons. The molecule has 30 heavy (non-hydrogen) atoms. The van der Waals surface area contributed by atoms with E-state index in [1.165, 1.54) is 6.08 Å². The van der Waals surface area contributed by atoms with Gasteiger partial charge in [0.25, 0.3) is 15.9 Å². The van der Waals surface area contributed by atoms with Crippen LogP contribution in [0.3, 0.4) is 0 Å². The summed E-state index contributed by atoms with van der Waals surface area (Å²) in [6.45, 7) is 4.50. The Kier molecular flexibility index (Phi) is 7.02. The van der Waals surface area contributed by atoms with Crippen LogP contribution in [0.1, 0.15) is 46.4 Å². The van der Waals surface area contributed by atoms with Crippen molar-refractivity contribution >= 4 is 39.0 Å². The van der Waals surface area contributed by atoms with Crippen molar-refractivity contribution < 1.29 is 13.2 Å². The minimum absolute atomic E-state index is 0.243. The van der Waals surface area contributed by atoms with Crippen LogP contribution in [0, 0.1) is 0 Å². The number of nitrogens with one attached hydrogen (secondary N) is 2. The summed E-state index contributed by atoms with van der Waals surface area (Å²) in [5, 5.41) is 6.92. The SMILES string of the molecule is CC(C)c1nc(CNC(=O)c2ccc(NS(=O)(=O)/C=C/c3ccccc3)cc2)cs1. The average Bonchev–Trinajstić information content (AvgIpc) is 3.21. The summed E-state index contributed by atoms with van der Waals surface area (Å²) >= 11 is 1.58. The predicted octanol–water partition coefficient (Wildman–Crippen LogP) is 4.61. The third kappa shape index (κ3) is 6.27. The van der Waals surface area contributed by atoms with Crippen molar-refractivity contribution in [3.8, 4) is 0 Å². The second-order valence-corrected chi connectivity index (χ2v) is 9.41. The number of sulfonamides is 1. The highest BCUT2D eigenvalue weighted by atomic mass is 32.2. The summed E-state index contributed by atoms with van der Waals surface area (Å²) in [4.78, 5) is 16.8. The van der Waals surface area contributed by atoms with Crippen molar-refractivity contribution in [1.29, 1.82) is 0 Å². The van der Waals surface area contributed by atoms with Gasteiger partial charge in [0.05, 0.1) is 22.7 Å². The fraction of sp³-hybridized carbons (Fsp3) is 0.182. The number of hydrogen-bond acceptors (Lipinski definition) is 5. The second-order valence-electron chi connectivity index (χ2n) is 6.95. The minimum Gasteiger partial charge on any atom is -0.346 e. The van der Waals surface area contributed by atoms with Crippen LogP contribution in [0.4, 0.5) is 5.69 Å². The Morgan fingerprint density at radius 3 is 2.43 bits per heavy atom. The van der Waals surface area contributed by atoms with E-state index in [0.717, 1.165) is 21.7 Å². The third-order valence-electron chi connectivity index (χ3n) is 4.14. The Bertz CT molecular complexity index is 1120. The Morgan fingerprint density at radius 2 is 1.80 bits per heavy atom. The minimum atomic E-state index is -3.66. The number of nitrogens with zero attached hydrogens (tertiary/aromatic N) is 1. The molecule has 3 aromatic rings. The molecule has 156 valence electrons. The lowest BCUT2D eigenvalue weighted by atomic mass is 10.2. The number of carbonyl (C=O) groups is 1. The first-order chi connectivity index (χ1) is 14.3. The maximum Gasteiger partial charge on any atom is 0.255 e. The quantitative estimate of drug-likeness (QED) is 0.534. The number of carbonyl (C=O) groups excluding carboxylic acids is 1. The van der Waals surface area contributed by atoms with E-state index in [2.05, 4.69) is 28.9 Å². The topological polar surface area (TPSA) is 88.2 Å².